The molecule has 104 valence electrons. The van der Waals surface area contributed by atoms with Crippen LogP contribution in [0.25, 0.3) is 0 Å². The molecule has 0 saturated carbocycles. The Hall–Kier alpha value is -0.520. The van der Waals surface area contributed by atoms with E-state index in [0.29, 0.717) is 6.04 Å². The van der Waals surface area contributed by atoms with E-state index in [1.165, 1.54) is 11.3 Å². The minimum Gasteiger partial charge on any atom is -0.385 e. The fourth-order valence-electron chi connectivity index (χ4n) is 1.96. The zero-order chi connectivity index (χ0) is 13.2. The Morgan fingerprint density at radius 1 is 1.33 bits per heavy atom. The third-order valence-electron chi connectivity index (χ3n) is 2.97. The maximum absolute atomic E-state index is 5.10. The summed E-state index contributed by atoms with van der Waals surface area (Å²) in [4.78, 5) is 1.32. The number of aryl methyl sites for hydroxylation is 1. The lowest BCUT2D eigenvalue weighted by Crippen LogP contribution is -2.22. The SMILES string of the molecule is CCCNC(CCCCOC)c1snnc1CC. The topological polar surface area (TPSA) is 47.0 Å². The summed E-state index contributed by atoms with van der Waals surface area (Å²) in [6.45, 7) is 6.24. The number of rotatable bonds is 10. The van der Waals surface area contributed by atoms with Gasteiger partial charge in [0.1, 0.15) is 0 Å². The first kappa shape index (κ1) is 15.5. The van der Waals surface area contributed by atoms with Crippen molar-refractivity contribution in [2.45, 2.75) is 52.0 Å². The lowest BCUT2D eigenvalue weighted by molar-refractivity contribution is 0.191. The zero-order valence-electron chi connectivity index (χ0n) is 11.7. The van der Waals surface area contributed by atoms with E-state index in [4.69, 9.17) is 4.74 Å². The third kappa shape index (κ3) is 5.00. The number of nitrogens with zero attached hydrogens (tertiary/aromatic N) is 2. The lowest BCUT2D eigenvalue weighted by Gasteiger charge is -2.17. The van der Waals surface area contributed by atoms with Gasteiger partial charge < -0.3 is 10.1 Å². The van der Waals surface area contributed by atoms with Crippen LogP contribution in [0.2, 0.25) is 0 Å². The lowest BCUT2D eigenvalue weighted by atomic mass is 10.1. The first-order valence-electron chi connectivity index (χ1n) is 6.86. The minimum absolute atomic E-state index is 0.414. The van der Waals surface area contributed by atoms with Crippen molar-refractivity contribution >= 4 is 11.5 Å². The quantitative estimate of drug-likeness (QED) is 0.665. The van der Waals surface area contributed by atoms with E-state index in [1.54, 1.807) is 18.6 Å². The minimum atomic E-state index is 0.414. The van der Waals surface area contributed by atoms with Crippen LogP contribution < -0.4 is 5.32 Å². The van der Waals surface area contributed by atoms with Gasteiger partial charge in [-0.15, -0.1) is 5.10 Å². The van der Waals surface area contributed by atoms with Crippen LogP contribution in [0.1, 0.15) is 56.1 Å². The smallest absolute Gasteiger partial charge is 0.0800 e. The monoisotopic (exact) mass is 271 g/mol. The molecule has 0 amide bonds. The molecule has 0 bridgehead atoms. The van der Waals surface area contributed by atoms with E-state index in [0.717, 1.165) is 44.5 Å². The number of hydrogen-bond donors (Lipinski definition) is 1. The molecule has 1 rings (SSSR count). The summed E-state index contributed by atoms with van der Waals surface area (Å²) < 4.78 is 9.19. The second kappa shape index (κ2) is 9.42. The molecule has 5 heteroatoms. The summed E-state index contributed by atoms with van der Waals surface area (Å²) in [6.07, 6.45) is 5.56. The fraction of sp³-hybridized carbons (Fsp3) is 0.846. The van der Waals surface area contributed by atoms with Crippen LogP contribution in [0.15, 0.2) is 0 Å². The molecular weight excluding hydrogens is 246 g/mol. The predicted molar refractivity (Wildman–Crippen MR) is 76.0 cm³/mol. The second-order valence-corrected chi connectivity index (χ2v) is 5.22. The Kier molecular flexibility index (Phi) is 8.13. The zero-order valence-corrected chi connectivity index (χ0v) is 12.6. The summed E-state index contributed by atoms with van der Waals surface area (Å²) >= 11 is 1.54. The maximum Gasteiger partial charge on any atom is 0.0800 e. The second-order valence-electron chi connectivity index (χ2n) is 4.43. The highest BCUT2D eigenvalue weighted by Crippen LogP contribution is 2.25. The van der Waals surface area contributed by atoms with Gasteiger partial charge in [-0.05, 0) is 50.2 Å². The van der Waals surface area contributed by atoms with Gasteiger partial charge in [-0.2, -0.15) is 0 Å². The number of unbranched alkanes of at least 4 members (excludes halogenated alkanes) is 1. The molecule has 0 aliphatic rings. The van der Waals surface area contributed by atoms with E-state index in [-0.39, 0.29) is 0 Å². The van der Waals surface area contributed by atoms with Crippen LogP contribution in [-0.4, -0.2) is 29.8 Å². The van der Waals surface area contributed by atoms with Gasteiger partial charge in [-0.3, -0.25) is 0 Å². The molecule has 0 fully saturated rings. The number of ether oxygens (including phenoxy) is 1. The first-order chi connectivity index (χ1) is 8.83. The molecule has 1 unspecified atom stereocenters. The summed E-state index contributed by atoms with van der Waals surface area (Å²) in [7, 11) is 1.76. The summed E-state index contributed by atoms with van der Waals surface area (Å²) in [5, 5.41) is 7.82. The molecule has 1 N–H and O–H groups in total. The normalized spacial score (nSPS) is 12.8. The molecule has 0 aromatic carbocycles. The molecule has 18 heavy (non-hydrogen) atoms. The standard InChI is InChI=1S/C13H25N3OS/c1-4-9-14-12(8-6-7-10-17-3)13-11(5-2)15-16-18-13/h12,14H,4-10H2,1-3H3. The van der Waals surface area contributed by atoms with Crippen LogP contribution >= 0.6 is 11.5 Å². The molecule has 1 aromatic rings. The number of hydrogen-bond acceptors (Lipinski definition) is 5. The molecule has 1 heterocycles. The van der Waals surface area contributed by atoms with Crippen molar-refractivity contribution in [1.82, 2.24) is 14.9 Å². The van der Waals surface area contributed by atoms with E-state index >= 15 is 0 Å². The Morgan fingerprint density at radius 3 is 2.83 bits per heavy atom. The molecule has 0 aliphatic heterocycles. The van der Waals surface area contributed by atoms with E-state index in [1.807, 2.05) is 0 Å². The fourth-order valence-corrected chi connectivity index (χ4v) is 2.81. The van der Waals surface area contributed by atoms with Crippen LogP contribution in [0, 0.1) is 0 Å². The van der Waals surface area contributed by atoms with E-state index in [9.17, 15) is 0 Å². The highest BCUT2D eigenvalue weighted by Gasteiger charge is 2.17. The van der Waals surface area contributed by atoms with Gasteiger partial charge >= 0.3 is 0 Å². The van der Waals surface area contributed by atoms with E-state index in [2.05, 4.69) is 28.8 Å². The summed E-state index contributed by atoms with van der Waals surface area (Å²) in [5.41, 5.74) is 1.15. The molecular formula is C13H25N3OS. The summed E-state index contributed by atoms with van der Waals surface area (Å²) in [5.74, 6) is 0. The number of aromatic nitrogens is 2. The molecule has 4 nitrogen and oxygen atoms in total. The van der Waals surface area contributed by atoms with Crippen LogP contribution in [0.3, 0.4) is 0 Å². The van der Waals surface area contributed by atoms with Gasteiger partial charge in [-0.1, -0.05) is 18.3 Å². The average Bonchev–Trinajstić information content (AvgIpc) is 2.86. The van der Waals surface area contributed by atoms with Crippen molar-refractivity contribution in [3.8, 4) is 0 Å². The molecule has 0 saturated heterocycles. The Balaban J connectivity index is 2.54. The number of nitrogens with one attached hydrogen (secondary N) is 1. The van der Waals surface area contributed by atoms with Gasteiger partial charge in [0, 0.05) is 19.8 Å². The Bertz CT molecular complexity index is 317. The van der Waals surface area contributed by atoms with Crippen molar-refractivity contribution in [3.63, 3.8) is 0 Å². The Labute approximate surface area is 114 Å². The molecule has 0 radical (unpaired) electrons. The molecule has 1 atom stereocenters. The predicted octanol–water partition coefficient (Wildman–Crippen LogP) is 2.96. The molecule has 0 aliphatic carbocycles. The van der Waals surface area contributed by atoms with Crippen LogP contribution in [0.5, 0.6) is 0 Å². The highest BCUT2D eigenvalue weighted by atomic mass is 32.1. The van der Waals surface area contributed by atoms with E-state index < -0.39 is 0 Å². The maximum atomic E-state index is 5.10. The van der Waals surface area contributed by atoms with Crippen LogP contribution in [0.4, 0.5) is 0 Å². The Morgan fingerprint density at radius 2 is 2.17 bits per heavy atom. The van der Waals surface area contributed by atoms with Gasteiger partial charge in [0.05, 0.1) is 10.6 Å². The van der Waals surface area contributed by atoms with Gasteiger partial charge in [0.25, 0.3) is 0 Å². The van der Waals surface area contributed by atoms with Crippen molar-refractivity contribution in [3.05, 3.63) is 10.6 Å². The largest absolute Gasteiger partial charge is 0.385 e. The van der Waals surface area contributed by atoms with Crippen molar-refractivity contribution < 1.29 is 4.74 Å². The van der Waals surface area contributed by atoms with Gasteiger partial charge in [-0.25, -0.2) is 0 Å². The van der Waals surface area contributed by atoms with Gasteiger partial charge in [0.15, 0.2) is 0 Å². The number of methoxy groups -OCH3 is 1. The molecule has 0 spiro atoms. The first-order valence-corrected chi connectivity index (χ1v) is 7.64. The molecule has 1 aromatic heterocycles. The van der Waals surface area contributed by atoms with Crippen molar-refractivity contribution in [2.24, 2.45) is 0 Å². The highest BCUT2D eigenvalue weighted by molar-refractivity contribution is 7.05. The van der Waals surface area contributed by atoms with Gasteiger partial charge in [0.2, 0.25) is 0 Å². The third-order valence-corrected chi connectivity index (χ3v) is 3.85. The average molecular weight is 271 g/mol. The van der Waals surface area contributed by atoms with Crippen molar-refractivity contribution in [2.75, 3.05) is 20.3 Å². The van der Waals surface area contributed by atoms with Crippen LogP contribution in [-0.2, 0) is 11.2 Å². The summed E-state index contributed by atoms with van der Waals surface area (Å²) in [6, 6.07) is 0.414. The van der Waals surface area contributed by atoms with Crippen molar-refractivity contribution in [1.29, 1.82) is 0 Å².